The van der Waals surface area contributed by atoms with Gasteiger partial charge in [0.05, 0.1) is 0 Å². The van der Waals surface area contributed by atoms with E-state index in [2.05, 4.69) is 37.6 Å². The minimum Gasteiger partial charge on any atom is -0.308 e. The first-order valence-electron chi connectivity index (χ1n) is 8.17. The first-order valence-corrected chi connectivity index (χ1v) is 9.16. The van der Waals surface area contributed by atoms with Crippen molar-refractivity contribution in [2.24, 2.45) is 21.1 Å². The Balaban J connectivity index is 2.30. The molecule has 7 nitrogen and oxygen atoms in total. The van der Waals surface area contributed by atoms with Gasteiger partial charge in [0.25, 0.3) is 5.56 Å². The summed E-state index contributed by atoms with van der Waals surface area (Å²) >= 11 is 1.61. The number of imidazole rings is 1. The van der Waals surface area contributed by atoms with E-state index in [0.29, 0.717) is 23.2 Å². The molecule has 0 radical (unpaired) electrons. The van der Waals surface area contributed by atoms with Crippen molar-refractivity contribution in [3.63, 3.8) is 0 Å². The lowest BCUT2D eigenvalue weighted by atomic mass is 10.2. The molecule has 0 aliphatic heterocycles. The second-order valence-corrected chi connectivity index (χ2v) is 7.67. The quantitative estimate of drug-likeness (QED) is 0.730. The van der Waals surface area contributed by atoms with Crippen LogP contribution in [0.2, 0.25) is 0 Å². The molecule has 0 fully saturated rings. The van der Waals surface area contributed by atoms with E-state index in [4.69, 9.17) is 0 Å². The van der Waals surface area contributed by atoms with E-state index in [0.717, 1.165) is 22.0 Å². The van der Waals surface area contributed by atoms with Crippen molar-refractivity contribution >= 4 is 22.9 Å². The van der Waals surface area contributed by atoms with Crippen LogP contribution >= 0.6 is 11.8 Å². The van der Waals surface area contributed by atoms with Gasteiger partial charge in [0.1, 0.15) is 0 Å². The highest BCUT2D eigenvalue weighted by molar-refractivity contribution is 7.99. The molecule has 2 heterocycles. The van der Waals surface area contributed by atoms with Crippen LogP contribution in [0.4, 0.5) is 0 Å². The molecular formula is C16H27N5O2S. The number of thioether (sulfide) groups is 1. The van der Waals surface area contributed by atoms with Crippen LogP contribution in [0.5, 0.6) is 0 Å². The number of rotatable bonds is 6. The Bertz CT molecular complexity index is 839. The van der Waals surface area contributed by atoms with Crippen molar-refractivity contribution in [2.45, 2.75) is 44.9 Å². The van der Waals surface area contributed by atoms with Crippen molar-refractivity contribution in [3.8, 4) is 0 Å². The maximum absolute atomic E-state index is 12.3. The molecule has 0 amide bonds. The van der Waals surface area contributed by atoms with Crippen molar-refractivity contribution in [1.29, 1.82) is 0 Å². The molecular weight excluding hydrogens is 326 g/mol. The van der Waals surface area contributed by atoms with Crippen molar-refractivity contribution < 1.29 is 0 Å². The smallest absolute Gasteiger partial charge is 0.308 e. The zero-order valence-corrected chi connectivity index (χ0v) is 16.3. The van der Waals surface area contributed by atoms with E-state index in [-0.39, 0.29) is 11.2 Å². The molecule has 8 heteroatoms. The topological polar surface area (TPSA) is 65.1 Å². The van der Waals surface area contributed by atoms with Crippen LogP contribution in [-0.4, -0.2) is 48.0 Å². The lowest BCUT2D eigenvalue weighted by Crippen LogP contribution is -2.38. The first kappa shape index (κ1) is 18.8. The third kappa shape index (κ3) is 3.30. The maximum atomic E-state index is 12.3. The normalized spacial score (nSPS) is 12.2. The average Bonchev–Trinajstić information content (AvgIpc) is 2.83. The molecule has 2 rings (SSSR count). The fourth-order valence-electron chi connectivity index (χ4n) is 3.04. The van der Waals surface area contributed by atoms with Gasteiger partial charge in [-0.2, -0.15) is 0 Å². The van der Waals surface area contributed by atoms with Gasteiger partial charge in [0, 0.05) is 45.5 Å². The molecule has 0 spiro atoms. The van der Waals surface area contributed by atoms with E-state index in [1.54, 1.807) is 18.8 Å². The monoisotopic (exact) mass is 353 g/mol. The zero-order chi connectivity index (χ0) is 18.2. The molecule has 2 aromatic heterocycles. The number of hydrogen-bond donors (Lipinski definition) is 0. The van der Waals surface area contributed by atoms with E-state index in [1.165, 1.54) is 11.6 Å². The standard InChI is InChI=1S/C16H27N5O2S/c1-10(2)21(11(3)4)8-9-24-15-17-12-13(18(15)5)19(6)16(23)20(7)14(12)22/h10-11H,8-9H2,1-7H3. The van der Waals surface area contributed by atoms with Crippen molar-refractivity contribution in [3.05, 3.63) is 20.8 Å². The Morgan fingerprint density at radius 1 is 1.00 bits per heavy atom. The largest absolute Gasteiger partial charge is 0.332 e. The second-order valence-electron chi connectivity index (χ2n) is 6.61. The van der Waals surface area contributed by atoms with Gasteiger partial charge in [-0.1, -0.05) is 11.8 Å². The Labute approximate surface area is 146 Å². The van der Waals surface area contributed by atoms with Crippen LogP contribution in [0.25, 0.3) is 11.2 Å². The summed E-state index contributed by atoms with van der Waals surface area (Å²) in [5.74, 6) is 0.877. The molecule has 24 heavy (non-hydrogen) atoms. The fourth-order valence-corrected chi connectivity index (χ4v) is 3.96. The van der Waals surface area contributed by atoms with E-state index in [9.17, 15) is 9.59 Å². The predicted octanol–water partition coefficient (Wildman–Crippen LogP) is 1.18. The van der Waals surface area contributed by atoms with Crippen LogP contribution in [0.15, 0.2) is 14.7 Å². The molecule has 0 unspecified atom stereocenters. The summed E-state index contributed by atoms with van der Waals surface area (Å²) in [4.78, 5) is 31.3. The fraction of sp³-hybridized carbons (Fsp3) is 0.688. The molecule has 0 aliphatic rings. The number of aryl methyl sites for hydroxylation is 2. The molecule has 0 aromatic carbocycles. The predicted molar refractivity (Wildman–Crippen MR) is 98.9 cm³/mol. The summed E-state index contributed by atoms with van der Waals surface area (Å²) in [6.07, 6.45) is 0. The summed E-state index contributed by atoms with van der Waals surface area (Å²) in [5, 5.41) is 0.760. The Hall–Kier alpha value is -1.54. The van der Waals surface area contributed by atoms with Gasteiger partial charge in [-0.15, -0.1) is 0 Å². The van der Waals surface area contributed by atoms with Gasteiger partial charge in [-0.25, -0.2) is 9.78 Å². The highest BCUT2D eigenvalue weighted by atomic mass is 32.2. The maximum Gasteiger partial charge on any atom is 0.332 e. The zero-order valence-electron chi connectivity index (χ0n) is 15.5. The van der Waals surface area contributed by atoms with Gasteiger partial charge in [0.15, 0.2) is 16.3 Å². The van der Waals surface area contributed by atoms with Crippen LogP contribution in [0.3, 0.4) is 0 Å². The summed E-state index contributed by atoms with van der Waals surface area (Å²) < 4.78 is 4.41. The third-order valence-electron chi connectivity index (χ3n) is 4.33. The summed E-state index contributed by atoms with van der Waals surface area (Å²) in [5.41, 5.74) is 0.226. The number of nitrogens with zero attached hydrogens (tertiary/aromatic N) is 5. The molecule has 0 saturated heterocycles. The Kier molecular flexibility index (Phi) is 5.59. The van der Waals surface area contributed by atoms with Gasteiger partial charge < -0.3 is 4.57 Å². The Morgan fingerprint density at radius 2 is 1.58 bits per heavy atom. The third-order valence-corrected chi connectivity index (χ3v) is 5.34. The number of fused-ring (bicyclic) bond motifs is 1. The molecule has 0 saturated carbocycles. The van der Waals surface area contributed by atoms with Crippen LogP contribution in [0.1, 0.15) is 27.7 Å². The van der Waals surface area contributed by atoms with Crippen LogP contribution in [-0.2, 0) is 21.1 Å². The Morgan fingerprint density at radius 3 is 2.12 bits per heavy atom. The van der Waals surface area contributed by atoms with E-state index >= 15 is 0 Å². The van der Waals surface area contributed by atoms with Gasteiger partial charge in [-0.3, -0.25) is 18.8 Å². The lowest BCUT2D eigenvalue weighted by Gasteiger charge is -2.30. The van der Waals surface area contributed by atoms with E-state index in [1.807, 2.05) is 11.6 Å². The van der Waals surface area contributed by atoms with Crippen molar-refractivity contribution in [1.82, 2.24) is 23.6 Å². The van der Waals surface area contributed by atoms with Crippen molar-refractivity contribution in [2.75, 3.05) is 12.3 Å². The number of aromatic nitrogens is 4. The van der Waals surface area contributed by atoms with Gasteiger partial charge in [0.2, 0.25) is 0 Å². The van der Waals surface area contributed by atoms with Crippen LogP contribution < -0.4 is 11.2 Å². The molecule has 0 aliphatic carbocycles. The van der Waals surface area contributed by atoms with Gasteiger partial charge >= 0.3 is 5.69 Å². The molecule has 0 atom stereocenters. The highest BCUT2D eigenvalue weighted by Gasteiger charge is 2.18. The average molecular weight is 353 g/mol. The molecule has 2 aromatic rings. The summed E-state index contributed by atoms with van der Waals surface area (Å²) in [6, 6.07) is 0.971. The lowest BCUT2D eigenvalue weighted by molar-refractivity contribution is 0.187. The molecule has 0 N–H and O–H groups in total. The molecule has 134 valence electrons. The SMILES string of the molecule is CC(C)N(CCSc1nc2c(=O)n(C)c(=O)n(C)c2n1C)C(C)C. The first-order chi connectivity index (χ1) is 11.2. The van der Waals surface area contributed by atoms with Crippen LogP contribution in [0, 0.1) is 0 Å². The second kappa shape index (κ2) is 7.14. The summed E-state index contributed by atoms with van der Waals surface area (Å²) in [6.45, 7) is 9.72. The number of hydrogen-bond acceptors (Lipinski definition) is 5. The summed E-state index contributed by atoms with van der Waals surface area (Å²) in [7, 11) is 4.99. The van der Waals surface area contributed by atoms with Gasteiger partial charge in [-0.05, 0) is 27.7 Å². The van der Waals surface area contributed by atoms with E-state index < -0.39 is 0 Å². The minimum atomic E-state index is -0.346. The highest BCUT2D eigenvalue weighted by Crippen LogP contribution is 2.20. The molecule has 0 bridgehead atoms. The minimum absolute atomic E-state index is 0.335.